The number of alkyl halides is 2. The van der Waals surface area contributed by atoms with E-state index >= 15 is 0 Å². The van der Waals surface area contributed by atoms with Crippen LogP contribution >= 0.6 is 0 Å². The van der Waals surface area contributed by atoms with Crippen LogP contribution in [0.5, 0.6) is 5.75 Å². The van der Waals surface area contributed by atoms with Crippen molar-refractivity contribution in [2.45, 2.75) is 6.61 Å². The van der Waals surface area contributed by atoms with Crippen LogP contribution in [0.4, 0.5) is 14.5 Å². The van der Waals surface area contributed by atoms with Crippen molar-refractivity contribution in [3.63, 3.8) is 0 Å². The highest BCUT2D eigenvalue weighted by Crippen LogP contribution is 2.19. The summed E-state index contributed by atoms with van der Waals surface area (Å²) in [6, 6.07) is 13.7. The van der Waals surface area contributed by atoms with Gasteiger partial charge in [-0.3, -0.25) is 14.5 Å². The highest BCUT2D eigenvalue weighted by molar-refractivity contribution is 6.08. The van der Waals surface area contributed by atoms with Crippen LogP contribution in [0, 0.1) is 0 Å². The van der Waals surface area contributed by atoms with Gasteiger partial charge in [0, 0.05) is 11.3 Å². The molecule has 2 amide bonds. The van der Waals surface area contributed by atoms with Gasteiger partial charge in [-0.05, 0) is 36.4 Å². The summed E-state index contributed by atoms with van der Waals surface area (Å²) >= 11 is 0. The minimum absolute atomic E-state index is 0.0577. The maximum absolute atomic E-state index is 12.5. The van der Waals surface area contributed by atoms with E-state index in [2.05, 4.69) is 4.74 Å². The molecule has 0 saturated carbocycles. The molecule has 0 fully saturated rings. The molecule has 0 spiro atoms. The Morgan fingerprint density at radius 3 is 2.17 bits per heavy atom. The van der Waals surface area contributed by atoms with Crippen molar-refractivity contribution in [1.82, 2.24) is 0 Å². The highest BCUT2D eigenvalue weighted by atomic mass is 19.3. The second-order valence-corrected chi connectivity index (χ2v) is 4.60. The fourth-order valence-corrected chi connectivity index (χ4v) is 1.98. The van der Waals surface area contributed by atoms with Gasteiger partial charge in [-0.25, -0.2) is 0 Å². The number of anilines is 1. The molecule has 0 bridgehead atoms. The number of nitrogens with zero attached hydrogens (tertiary/aromatic N) is 1. The van der Waals surface area contributed by atoms with Crippen LogP contribution in [0.25, 0.3) is 0 Å². The Hall–Kier alpha value is -2.96. The average molecular weight is 320 g/mol. The van der Waals surface area contributed by atoms with E-state index in [0.717, 1.165) is 0 Å². The largest absolute Gasteiger partial charge is 0.435 e. The zero-order chi connectivity index (χ0) is 16.8. The predicted octanol–water partition coefficient (Wildman–Crippen LogP) is 2.42. The summed E-state index contributed by atoms with van der Waals surface area (Å²) in [5, 5.41) is 0. The first-order valence-electron chi connectivity index (χ1n) is 6.67. The van der Waals surface area contributed by atoms with Gasteiger partial charge < -0.3 is 10.5 Å². The van der Waals surface area contributed by atoms with Crippen LogP contribution in [0.15, 0.2) is 54.6 Å². The third-order valence-electron chi connectivity index (χ3n) is 2.95. The second kappa shape index (κ2) is 7.35. The average Bonchev–Trinajstić information content (AvgIpc) is 2.53. The van der Waals surface area contributed by atoms with Crippen molar-refractivity contribution in [3.8, 4) is 5.75 Å². The molecular formula is C16H14F2N2O3. The van der Waals surface area contributed by atoms with Crippen LogP contribution in [0.2, 0.25) is 0 Å². The van der Waals surface area contributed by atoms with Gasteiger partial charge in [-0.1, -0.05) is 18.2 Å². The number of primary amides is 1. The molecule has 2 N–H and O–H groups in total. The number of carbonyl (C=O) groups excluding carboxylic acids is 2. The minimum atomic E-state index is -2.94. The monoisotopic (exact) mass is 320 g/mol. The van der Waals surface area contributed by atoms with Gasteiger partial charge in [0.15, 0.2) is 0 Å². The summed E-state index contributed by atoms with van der Waals surface area (Å²) in [6.45, 7) is -3.23. The molecule has 0 atom stereocenters. The molecule has 0 aliphatic rings. The number of carbonyl (C=O) groups is 2. The number of ether oxygens (including phenoxy) is 1. The minimum Gasteiger partial charge on any atom is -0.435 e. The molecule has 2 rings (SSSR count). The summed E-state index contributed by atoms with van der Waals surface area (Å²) in [7, 11) is 0. The molecule has 0 aliphatic heterocycles. The van der Waals surface area contributed by atoms with Crippen LogP contribution in [-0.4, -0.2) is 25.0 Å². The van der Waals surface area contributed by atoms with Crippen LogP contribution < -0.4 is 15.4 Å². The van der Waals surface area contributed by atoms with E-state index in [0.29, 0.717) is 5.69 Å². The Balaban J connectivity index is 2.25. The summed E-state index contributed by atoms with van der Waals surface area (Å²) in [5.74, 6) is -1.20. The lowest BCUT2D eigenvalue weighted by Gasteiger charge is -2.21. The van der Waals surface area contributed by atoms with E-state index in [1.807, 2.05) is 0 Å². The number of nitrogens with two attached hydrogens (primary N) is 1. The number of benzene rings is 2. The molecule has 7 heteroatoms. The lowest BCUT2D eigenvalue weighted by Crippen LogP contribution is -2.38. The van der Waals surface area contributed by atoms with Gasteiger partial charge in [0.1, 0.15) is 12.3 Å². The van der Waals surface area contributed by atoms with Crippen LogP contribution in [-0.2, 0) is 4.79 Å². The van der Waals surface area contributed by atoms with Crippen molar-refractivity contribution in [3.05, 3.63) is 60.2 Å². The molecule has 120 valence electrons. The fraction of sp³-hybridized carbons (Fsp3) is 0.125. The first-order valence-corrected chi connectivity index (χ1v) is 6.67. The summed E-state index contributed by atoms with van der Waals surface area (Å²) < 4.78 is 28.5. The molecule has 0 aliphatic carbocycles. The zero-order valence-electron chi connectivity index (χ0n) is 12.0. The van der Waals surface area contributed by atoms with Crippen molar-refractivity contribution in [2.24, 2.45) is 5.73 Å². The molecule has 2 aromatic rings. The molecule has 5 nitrogen and oxygen atoms in total. The van der Waals surface area contributed by atoms with E-state index in [1.54, 1.807) is 30.3 Å². The van der Waals surface area contributed by atoms with E-state index in [4.69, 9.17) is 5.73 Å². The molecule has 0 aromatic heterocycles. The first kappa shape index (κ1) is 16.4. The van der Waals surface area contributed by atoms with E-state index in [-0.39, 0.29) is 17.9 Å². The first-order chi connectivity index (χ1) is 11.0. The second-order valence-electron chi connectivity index (χ2n) is 4.60. The third-order valence-corrected chi connectivity index (χ3v) is 2.95. The number of amides is 2. The van der Waals surface area contributed by atoms with Crippen LogP contribution in [0.3, 0.4) is 0 Å². The van der Waals surface area contributed by atoms with E-state index in [1.165, 1.54) is 29.2 Å². The summed E-state index contributed by atoms with van der Waals surface area (Å²) in [5.41, 5.74) is 5.91. The Labute approximate surface area is 131 Å². The fourth-order valence-electron chi connectivity index (χ4n) is 1.98. The Morgan fingerprint density at radius 2 is 1.65 bits per heavy atom. The van der Waals surface area contributed by atoms with Gasteiger partial charge in [0.2, 0.25) is 5.91 Å². The normalized spacial score (nSPS) is 10.4. The van der Waals surface area contributed by atoms with Crippen molar-refractivity contribution >= 4 is 17.5 Å². The van der Waals surface area contributed by atoms with Gasteiger partial charge in [0.05, 0.1) is 0 Å². The van der Waals surface area contributed by atoms with Crippen molar-refractivity contribution in [1.29, 1.82) is 0 Å². The van der Waals surface area contributed by atoms with Gasteiger partial charge in [-0.2, -0.15) is 8.78 Å². The quantitative estimate of drug-likeness (QED) is 0.888. The molecular weight excluding hydrogens is 306 g/mol. The number of rotatable bonds is 6. The van der Waals surface area contributed by atoms with Crippen molar-refractivity contribution < 1.29 is 23.1 Å². The van der Waals surface area contributed by atoms with Gasteiger partial charge >= 0.3 is 6.61 Å². The lowest BCUT2D eigenvalue weighted by molar-refractivity contribution is -0.116. The standard InChI is InChI=1S/C16H14F2N2O3/c17-16(18)23-13-8-6-11(7-9-13)15(22)20(10-14(19)21)12-4-2-1-3-5-12/h1-9,16H,10H2,(H2,19,21). The summed E-state index contributed by atoms with van der Waals surface area (Å²) in [4.78, 5) is 25.0. The van der Waals surface area contributed by atoms with Crippen LogP contribution in [0.1, 0.15) is 10.4 Å². The zero-order valence-corrected chi connectivity index (χ0v) is 12.0. The third kappa shape index (κ3) is 4.50. The van der Waals surface area contributed by atoms with E-state index < -0.39 is 18.4 Å². The predicted molar refractivity (Wildman–Crippen MR) is 80.4 cm³/mol. The summed E-state index contributed by atoms with van der Waals surface area (Å²) in [6.07, 6.45) is 0. The lowest BCUT2D eigenvalue weighted by atomic mass is 10.1. The number of hydrogen-bond donors (Lipinski definition) is 1. The Morgan fingerprint density at radius 1 is 1.04 bits per heavy atom. The maximum Gasteiger partial charge on any atom is 0.387 e. The van der Waals surface area contributed by atoms with Crippen molar-refractivity contribution in [2.75, 3.05) is 11.4 Å². The topological polar surface area (TPSA) is 72.6 Å². The Bertz CT molecular complexity index is 675. The maximum atomic E-state index is 12.5. The number of halogens is 2. The SMILES string of the molecule is NC(=O)CN(C(=O)c1ccc(OC(F)F)cc1)c1ccccc1. The van der Waals surface area contributed by atoms with Gasteiger partial charge in [0.25, 0.3) is 5.91 Å². The number of para-hydroxylation sites is 1. The molecule has 0 heterocycles. The Kier molecular flexibility index (Phi) is 5.24. The molecule has 0 saturated heterocycles. The smallest absolute Gasteiger partial charge is 0.387 e. The molecule has 2 aromatic carbocycles. The molecule has 0 radical (unpaired) electrons. The number of hydrogen-bond acceptors (Lipinski definition) is 3. The van der Waals surface area contributed by atoms with Gasteiger partial charge in [-0.15, -0.1) is 0 Å². The molecule has 23 heavy (non-hydrogen) atoms. The highest BCUT2D eigenvalue weighted by Gasteiger charge is 2.19. The van der Waals surface area contributed by atoms with E-state index in [9.17, 15) is 18.4 Å². The molecule has 0 unspecified atom stereocenters.